The smallest absolute Gasteiger partial charge is 0.192 e. The summed E-state index contributed by atoms with van der Waals surface area (Å²) in [6.45, 7) is 11.4. The molecule has 0 saturated heterocycles. The molecule has 1 aromatic rings. The Bertz CT molecular complexity index is 590. The normalized spacial score (nSPS) is 21.8. The van der Waals surface area contributed by atoms with Crippen molar-refractivity contribution in [2.45, 2.75) is 75.5 Å². The Morgan fingerprint density at radius 3 is 2.67 bits per heavy atom. The Kier molecular flexibility index (Phi) is 6.09. The summed E-state index contributed by atoms with van der Waals surface area (Å²) in [5.41, 5.74) is 0.515. The van der Waals surface area contributed by atoms with Gasteiger partial charge in [-0.2, -0.15) is 0 Å². The second-order valence-corrected chi connectivity index (χ2v) is 13.5. The molecule has 2 atom stereocenters. The van der Waals surface area contributed by atoms with Crippen molar-refractivity contribution in [2.75, 3.05) is 11.6 Å². The van der Waals surface area contributed by atoms with Crippen LogP contribution >= 0.6 is 11.8 Å². The van der Waals surface area contributed by atoms with E-state index in [-0.39, 0.29) is 5.04 Å². The average Bonchev–Trinajstić information content (AvgIpc) is 2.92. The van der Waals surface area contributed by atoms with Crippen molar-refractivity contribution < 1.29 is 9.22 Å². The average molecular weight is 368 g/mol. The summed E-state index contributed by atoms with van der Waals surface area (Å²) in [5.74, 6) is 0.641. The van der Waals surface area contributed by atoms with Gasteiger partial charge in [0.15, 0.2) is 19.8 Å². The molecule has 1 aliphatic rings. The van der Waals surface area contributed by atoms with Crippen LogP contribution in [0.1, 0.15) is 50.4 Å². The van der Waals surface area contributed by atoms with E-state index in [9.17, 15) is 4.79 Å². The van der Waals surface area contributed by atoms with E-state index in [1.807, 2.05) is 6.26 Å². The third-order valence-corrected chi connectivity index (χ3v) is 10.2. The molecule has 7 heteroatoms. The molecule has 1 aromatic heterocycles. The third kappa shape index (κ3) is 4.58. The molecule has 1 fully saturated rings. The highest BCUT2D eigenvalue weighted by Crippen LogP contribution is 2.39. The first-order chi connectivity index (χ1) is 11.2. The van der Waals surface area contributed by atoms with Gasteiger partial charge in [-0.3, -0.25) is 4.79 Å². The molecule has 5 nitrogen and oxygen atoms in total. The first-order valence-corrected chi connectivity index (χ1v) is 12.6. The van der Waals surface area contributed by atoms with Crippen LogP contribution in [-0.4, -0.2) is 43.0 Å². The fourth-order valence-corrected chi connectivity index (χ4v) is 4.38. The number of carbonyl (C=O) groups is 1. The van der Waals surface area contributed by atoms with Crippen LogP contribution in [-0.2, 0) is 4.43 Å². The summed E-state index contributed by atoms with van der Waals surface area (Å²) in [6, 6.07) is 0.295. The van der Waals surface area contributed by atoms with E-state index in [2.05, 4.69) is 49.1 Å². The Hall–Kier alpha value is -0.923. The number of nitrogens with one attached hydrogen (secondary N) is 1. The number of thioether (sulfide) groups is 1. The van der Waals surface area contributed by atoms with Crippen LogP contribution in [0, 0.1) is 0 Å². The second kappa shape index (κ2) is 7.54. The molecule has 24 heavy (non-hydrogen) atoms. The Morgan fingerprint density at radius 2 is 2.08 bits per heavy atom. The van der Waals surface area contributed by atoms with E-state index < -0.39 is 8.32 Å². The van der Waals surface area contributed by atoms with Crippen LogP contribution in [0.2, 0.25) is 18.1 Å². The first kappa shape index (κ1) is 19.4. The number of anilines is 1. The number of hydrogen-bond acceptors (Lipinski definition) is 6. The molecule has 0 aromatic carbocycles. The fraction of sp³-hybridized carbons (Fsp3) is 0.706. The van der Waals surface area contributed by atoms with E-state index in [1.165, 1.54) is 11.8 Å². The molecule has 2 rings (SSSR count). The van der Waals surface area contributed by atoms with Gasteiger partial charge >= 0.3 is 0 Å². The number of aromatic nitrogens is 2. The van der Waals surface area contributed by atoms with Gasteiger partial charge in [0.1, 0.15) is 5.82 Å². The standard InChI is InChI=1S/C17H29N3O2SSi/c1-17(2,3)24(5,6)22-14-8-7-13(9-14)19-15-12(11-21)10-18-16(20-15)23-4/h10-11,13-14H,7-9H2,1-6H3,(H,18,19,20). The number of aldehydes is 1. The van der Waals surface area contributed by atoms with Crippen LogP contribution in [0.15, 0.2) is 11.4 Å². The van der Waals surface area contributed by atoms with Gasteiger partial charge in [-0.1, -0.05) is 32.5 Å². The van der Waals surface area contributed by atoms with Gasteiger partial charge in [0.05, 0.1) is 5.56 Å². The van der Waals surface area contributed by atoms with Crippen LogP contribution in [0.3, 0.4) is 0 Å². The molecule has 0 bridgehead atoms. The van der Waals surface area contributed by atoms with Crippen molar-refractivity contribution in [1.82, 2.24) is 9.97 Å². The molecule has 0 spiro atoms. The topological polar surface area (TPSA) is 64.1 Å². The van der Waals surface area contributed by atoms with Gasteiger partial charge in [0.2, 0.25) is 0 Å². The van der Waals surface area contributed by atoms with Crippen molar-refractivity contribution in [2.24, 2.45) is 0 Å². The molecule has 1 heterocycles. The zero-order valence-electron chi connectivity index (χ0n) is 15.5. The van der Waals surface area contributed by atoms with E-state index in [0.29, 0.717) is 28.7 Å². The minimum atomic E-state index is -1.74. The first-order valence-electron chi connectivity index (χ1n) is 8.47. The van der Waals surface area contributed by atoms with Crippen LogP contribution < -0.4 is 5.32 Å². The monoisotopic (exact) mass is 367 g/mol. The van der Waals surface area contributed by atoms with Crippen LogP contribution in [0.4, 0.5) is 5.82 Å². The molecule has 0 aliphatic heterocycles. The predicted molar refractivity (Wildman–Crippen MR) is 103 cm³/mol. The maximum atomic E-state index is 11.2. The van der Waals surface area contributed by atoms with E-state index in [1.54, 1.807) is 6.20 Å². The van der Waals surface area contributed by atoms with Gasteiger partial charge in [-0.05, 0) is 43.7 Å². The highest BCUT2D eigenvalue weighted by Gasteiger charge is 2.40. The summed E-state index contributed by atoms with van der Waals surface area (Å²) >= 11 is 1.47. The van der Waals surface area contributed by atoms with Crippen molar-refractivity contribution in [3.63, 3.8) is 0 Å². The van der Waals surface area contributed by atoms with Crippen LogP contribution in [0.5, 0.6) is 0 Å². The van der Waals surface area contributed by atoms with Gasteiger partial charge in [0.25, 0.3) is 0 Å². The highest BCUT2D eigenvalue weighted by atomic mass is 32.2. The van der Waals surface area contributed by atoms with Crippen molar-refractivity contribution in [1.29, 1.82) is 0 Å². The minimum absolute atomic E-state index is 0.225. The van der Waals surface area contributed by atoms with Crippen LogP contribution in [0.25, 0.3) is 0 Å². The number of hydrogen-bond donors (Lipinski definition) is 1. The molecular weight excluding hydrogens is 338 g/mol. The molecule has 1 N–H and O–H groups in total. The summed E-state index contributed by atoms with van der Waals surface area (Å²) in [4.78, 5) is 19.8. The Morgan fingerprint density at radius 1 is 1.38 bits per heavy atom. The maximum absolute atomic E-state index is 11.2. The van der Waals surface area contributed by atoms with Gasteiger partial charge in [0, 0.05) is 18.3 Å². The number of nitrogens with zero attached hydrogens (tertiary/aromatic N) is 2. The van der Waals surface area contributed by atoms with Crippen molar-refractivity contribution in [3.8, 4) is 0 Å². The van der Waals surface area contributed by atoms with E-state index in [4.69, 9.17) is 4.43 Å². The zero-order chi connectivity index (χ0) is 18.0. The predicted octanol–water partition coefficient (Wildman–Crippen LogP) is 4.37. The summed E-state index contributed by atoms with van der Waals surface area (Å²) < 4.78 is 6.53. The third-order valence-electron chi connectivity index (χ3n) is 5.10. The van der Waals surface area contributed by atoms with E-state index in [0.717, 1.165) is 25.5 Å². The van der Waals surface area contributed by atoms with Crippen molar-refractivity contribution >= 4 is 32.2 Å². The SMILES string of the molecule is CSc1ncc(C=O)c(NC2CCC(O[Si](C)(C)C(C)(C)C)C2)n1. The maximum Gasteiger partial charge on any atom is 0.192 e. The molecular formula is C17H29N3O2SSi. The lowest BCUT2D eigenvalue weighted by atomic mass is 10.2. The Labute approximate surface area is 150 Å². The molecule has 2 unspecified atom stereocenters. The quantitative estimate of drug-likeness (QED) is 0.349. The second-order valence-electron chi connectivity index (χ2n) is 7.93. The molecule has 1 aliphatic carbocycles. The zero-order valence-corrected chi connectivity index (χ0v) is 17.4. The molecule has 134 valence electrons. The van der Waals surface area contributed by atoms with Crippen molar-refractivity contribution in [3.05, 3.63) is 11.8 Å². The number of carbonyl (C=O) groups excluding carboxylic acids is 1. The number of rotatable bonds is 6. The van der Waals surface area contributed by atoms with Gasteiger partial charge in [-0.25, -0.2) is 9.97 Å². The minimum Gasteiger partial charge on any atom is -0.414 e. The fourth-order valence-electron chi connectivity index (χ4n) is 2.64. The summed E-state index contributed by atoms with van der Waals surface area (Å²) in [6.07, 6.45) is 7.68. The molecule has 0 amide bonds. The lowest BCUT2D eigenvalue weighted by Crippen LogP contribution is -2.43. The van der Waals surface area contributed by atoms with E-state index >= 15 is 0 Å². The highest BCUT2D eigenvalue weighted by molar-refractivity contribution is 7.98. The Balaban J connectivity index is 2.01. The lowest BCUT2D eigenvalue weighted by Gasteiger charge is -2.38. The van der Waals surface area contributed by atoms with Gasteiger partial charge in [-0.15, -0.1) is 0 Å². The molecule has 0 radical (unpaired) electrons. The van der Waals surface area contributed by atoms with Gasteiger partial charge < -0.3 is 9.74 Å². The molecule has 1 saturated carbocycles. The summed E-state index contributed by atoms with van der Waals surface area (Å²) in [7, 11) is -1.74. The largest absolute Gasteiger partial charge is 0.414 e. The lowest BCUT2D eigenvalue weighted by molar-refractivity contribution is 0.112. The summed E-state index contributed by atoms with van der Waals surface area (Å²) in [5, 5.41) is 4.33.